The van der Waals surface area contributed by atoms with Crippen molar-refractivity contribution in [3.63, 3.8) is 0 Å². The minimum atomic E-state index is -4.05. The summed E-state index contributed by atoms with van der Waals surface area (Å²) in [7, 11) is 3.17. The van der Waals surface area contributed by atoms with Gasteiger partial charge in [-0.05, 0) is 38.8 Å². The Hall–Kier alpha value is -2.01. The van der Waals surface area contributed by atoms with Crippen LogP contribution >= 0.6 is 12.3 Å². The summed E-state index contributed by atoms with van der Waals surface area (Å²) < 4.78 is 50.0. The Kier molecular flexibility index (Phi) is 6.32. The number of carbonyl (C=O) groups excluding carboxylic acids is 1. The maximum Gasteiger partial charge on any atom is 0.406 e. The van der Waals surface area contributed by atoms with Crippen LogP contribution in [-0.2, 0) is 0 Å². The third kappa shape index (κ3) is 4.05. The monoisotopic (exact) mass is 473 g/mol. The Morgan fingerprint density at radius 2 is 1.91 bits per heavy atom. The number of rotatable bonds is 3. The normalized spacial score (nSPS) is 20.8. The van der Waals surface area contributed by atoms with Gasteiger partial charge in [-0.2, -0.15) is 13.2 Å². The average Bonchev–Trinajstić information content (AvgIpc) is 3.50. The van der Waals surface area contributed by atoms with E-state index >= 15 is 0 Å². The molecule has 0 radical (unpaired) electrons. The number of nitrogens with zero attached hydrogens (tertiary/aromatic N) is 4. The molecule has 0 spiro atoms. The summed E-state index contributed by atoms with van der Waals surface area (Å²) in [6, 6.07) is 2.30. The fourth-order valence-corrected chi connectivity index (χ4v) is 4.95. The van der Waals surface area contributed by atoms with E-state index < -0.39 is 11.7 Å². The van der Waals surface area contributed by atoms with Crippen molar-refractivity contribution in [1.82, 2.24) is 19.2 Å². The number of hydrogen-bond donors (Lipinski definition) is 1. The molecule has 0 unspecified atom stereocenters. The second kappa shape index (κ2) is 8.74. The first kappa shape index (κ1) is 23.2. The molecule has 176 valence electrons. The van der Waals surface area contributed by atoms with E-state index in [1.807, 2.05) is 13.1 Å². The van der Waals surface area contributed by atoms with E-state index in [0.29, 0.717) is 23.9 Å². The molecule has 3 heterocycles. The van der Waals surface area contributed by atoms with Crippen LogP contribution in [0, 0.1) is 0 Å². The standard InChI is InChI=1S/C16H19FN4OS.C5H8F3N/c1-19-10-20(11-5-3-2-4-6-11)14-12-7-8-21(23-17)15(12)18-9-13(14)16(19)22;1-9-4(2-3-4)5(6,7)8/h7-9,11H,2-6,10H2,1H3;9H,2-3H2,1H3. The molecule has 2 aliphatic carbocycles. The van der Waals surface area contributed by atoms with Crippen LogP contribution in [0.4, 0.5) is 22.7 Å². The quantitative estimate of drug-likeness (QED) is 0.643. The van der Waals surface area contributed by atoms with Crippen LogP contribution in [0.5, 0.6) is 0 Å². The van der Waals surface area contributed by atoms with Crippen LogP contribution in [0.25, 0.3) is 11.0 Å². The molecule has 1 aliphatic heterocycles. The predicted octanol–water partition coefficient (Wildman–Crippen LogP) is 4.90. The van der Waals surface area contributed by atoms with Crippen molar-refractivity contribution < 1.29 is 21.9 Å². The first-order valence-electron chi connectivity index (χ1n) is 10.8. The van der Waals surface area contributed by atoms with Crippen LogP contribution in [-0.4, -0.2) is 58.3 Å². The number of carbonyl (C=O) groups is 1. The molecular weight excluding hydrogens is 446 g/mol. The van der Waals surface area contributed by atoms with Gasteiger partial charge in [-0.15, -0.1) is 3.89 Å². The number of alkyl halides is 3. The molecule has 5 rings (SSSR count). The molecule has 2 aromatic rings. The average molecular weight is 474 g/mol. The number of anilines is 1. The van der Waals surface area contributed by atoms with Gasteiger partial charge in [0.15, 0.2) is 18.0 Å². The van der Waals surface area contributed by atoms with E-state index in [0.717, 1.165) is 23.9 Å². The lowest BCUT2D eigenvalue weighted by atomic mass is 9.92. The number of amides is 1. The number of hydrogen-bond acceptors (Lipinski definition) is 5. The van der Waals surface area contributed by atoms with E-state index in [1.165, 1.54) is 30.3 Å². The molecule has 11 heteroatoms. The molecule has 1 amide bonds. The van der Waals surface area contributed by atoms with Gasteiger partial charge in [0.05, 0.1) is 17.9 Å². The van der Waals surface area contributed by atoms with Crippen molar-refractivity contribution in [3.05, 3.63) is 24.0 Å². The summed E-state index contributed by atoms with van der Waals surface area (Å²) >= 11 is 0.134. The smallest absolute Gasteiger partial charge is 0.349 e. The zero-order valence-electron chi connectivity index (χ0n) is 18.1. The Bertz CT molecular complexity index is 984. The highest BCUT2D eigenvalue weighted by Gasteiger charge is 2.62. The summed E-state index contributed by atoms with van der Waals surface area (Å²) in [5.74, 6) is -0.0119. The van der Waals surface area contributed by atoms with E-state index in [9.17, 15) is 21.9 Å². The summed E-state index contributed by atoms with van der Waals surface area (Å²) in [6.07, 6.45) is 5.69. The van der Waals surface area contributed by atoms with Gasteiger partial charge in [0.2, 0.25) is 0 Å². The molecule has 2 saturated carbocycles. The number of aromatic nitrogens is 2. The van der Waals surface area contributed by atoms with Crippen molar-refractivity contribution in [2.24, 2.45) is 0 Å². The van der Waals surface area contributed by atoms with E-state index in [1.54, 1.807) is 17.3 Å². The van der Waals surface area contributed by atoms with Crippen LogP contribution in [0.2, 0.25) is 0 Å². The van der Waals surface area contributed by atoms with Crippen molar-refractivity contribution >= 4 is 35.0 Å². The third-order valence-electron chi connectivity index (χ3n) is 6.74. The number of pyridine rings is 1. The maximum absolute atomic E-state index is 13.1. The number of halogens is 4. The highest BCUT2D eigenvalue weighted by molar-refractivity contribution is 7.92. The first-order valence-corrected chi connectivity index (χ1v) is 11.5. The molecule has 2 aromatic heterocycles. The molecular formula is C21H27F4N5OS. The van der Waals surface area contributed by atoms with E-state index in [4.69, 9.17) is 0 Å². The van der Waals surface area contributed by atoms with Crippen molar-refractivity contribution in [2.45, 2.75) is 62.7 Å². The zero-order chi connectivity index (χ0) is 23.1. The first-order chi connectivity index (χ1) is 15.2. The van der Waals surface area contributed by atoms with Gasteiger partial charge in [0, 0.05) is 30.9 Å². The molecule has 0 aromatic carbocycles. The zero-order valence-corrected chi connectivity index (χ0v) is 18.9. The fraction of sp³-hybridized carbons (Fsp3) is 0.619. The minimum Gasteiger partial charge on any atom is -0.349 e. The highest BCUT2D eigenvalue weighted by atomic mass is 32.2. The van der Waals surface area contributed by atoms with Crippen molar-refractivity contribution in [3.8, 4) is 0 Å². The summed E-state index contributed by atoms with van der Waals surface area (Å²) in [5, 5.41) is 3.13. The van der Waals surface area contributed by atoms with Crippen molar-refractivity contribution in [2.75, 3.05) is 25.7 Å². The Balaban J connectivity index is 0.000000230. The Morgan fingerprint density at radius 3 is 2.44 bits per heavy atom. The van der Waals surface area contributed by atoms with Gasteiger partial charge in [-0.3, -0.25) is 4.79 Å². The molecule has 0 bridgehead atoms. The summed E-state index contributed by atoms with van der Waals surface area (Å²) in [4.78, 5) is 20.9. The lowest BCUT2D eigenvalue weighted by molar-refractivity contribution is -0.164. The van der Waals surface area contributed by atoms with Gasteiger partial charge in [0.1, 0.15) is 5.54 Å². The second-order valence-corrected chi connectivity index (χ2v) is 9.24. The van der Waals surface area contributed by atoms with Gasteiger partial charge in [-0.1, -0.05) is 19.3 Å². The van der Waals surface area contributed by atoms with E-state index in [-0.39, 0.29) is 31.1 Å². The Morgan fingerprint density at radius 1 is 1.22 bits per heavy atom. The lowest BCUT2D eigenvalue weighted by Gasteiger charge is -2.42. The number of fused-ring (bicyclic) bond motifs is 3. The van der Waals surface area contributed by atoms with Gasteiger partial charge in [-0.25, -0.2) is 8.96 Å². The third-order valence-corrected chi connectivity index (χ3v) is 7.19. The predicted molar refractivity (Wildman–Crippen MR) is 117 cm³/mol. The van der Waals surface area contributed by atoms with Crippen LogP contribution in [0.1, 0.15) is 55.3 Å². The molecule has 6 nitrogen and oxygen atoms in total. The van der Waals surface area contributed by atoms with Crippen LogP contribution in [0.3, 0.4) is 0 Å². The molecule has 1 N–H and O–H groups in total. The lowest BCUT2D eigenvalue weighted by Crippen LogP contribution is -2.50. The molecule has 3 aliphatic rings. The largest absolute Gasteiger partial charge is 0.406 e. The topological polar surface area (TPSA) is 53.4 Å². The van der Waals surface area contributed by atoms with Crippen LogP contribution in [0.15, 0.2) is 18.5 Å². The summed E-state index contributed by atoms with van der Waals surface area (Å²) in [5.41, 5.74) is 0.609. The minimum absolute atomic E-state index is 0.0119. The van der Waals surface area contributed by atoms with Gasteiger partial charge < -0.3 is 15.1 Å². The molecule has 0 saturated heterocycles. The van der Waals surface area contributed by atoms with Crippen molar-refractivity contribution in [1.29, 1.82) is 0 Å². The number of nitrogens with one attached hydrogen (secondary N) is 1. The SMILES string of the molecule is CN1CN(C2CCCCC2)c2c(cnc3c2ccn3SF)C1=O.CNC1(C(F)(F)F)CC1. The highest BCUT2D eigenvalue weighted by Crippen LogP contribution is 2.48. The molecule has 0 atom stereocenters. The maximum atomic E-state index is 13.1. The Labute approximate surface area is 188 Å². The van der Waals surface area contributed by atoms with Gasteiger partial charge >= 0.3 is 6.18 Å². The van der Waals surface area contributed by atoms with Crippen LogP contribution < -0.4 is 10.2 Å². The molecule has 32 heavy (non-hydrogen) atoms. The molecule has 2 fully saturated rings. The fourth-order valence-electron chi connectivity index (χ4n) is 4.63. The summed E-state index contributed by atoms with van der Waals surface area (Å²) in [6.45, 7) is 0.587. The van der Waals surface area contributed by atoms with Gasteiger partial charge in [0.25, 0.3) is 5.91 Å². The second-order valence-electron chi connectivity index (χ2n) is 8.70. The van der Waals surface area contributed by atoms with E-state index in [2.05, 4.69) is 15.2 Å².